The van der Waals surface area contributed by atoms with E-state index in [-0.39, 0.29) is 5.91 Å². The average molecular weight is 236 g/mol. The number of nitrogens with one attached hydrogen (secondary N) is 2. The molecule has 1 rings (SSSR count). The second-order valence-electron chi connectivity index (χ2n) is 3.76. The Kier molecular flexibility index (Phi) is 5.49. The van der Waals surface area contributed by atoms with Gasteiger partial charge in [0.1, 0.15) is 5.75 Å². The molecular weight excluding hydrogens is 216 g/mol. The summed E-state index contributed by atoms with van der Waals surface area (Å²) in [6, 6.07) is 7.74. The maximum absolute atomic E-state index is 11.4. The Morgan fingerprint density at radius 1 is 1.41 bits per heavy atom. The zero-order chi connectivity index (χ0) is 12.7. The Hall–Kier alpha value is -1.55. The summed E-state index contributed by atoms with van der Waals surface area (Å²) in [7, 11) is 1.60. The minimum Gasteiger partial charge on any atom is -0.481 e. The highest BCUT2D eigenvalue weighted by Gasteiger charge is 2.14. The van der Waals surface area contributed by atoms with Gasteiger partial charge in [0.2, 0.25) is 0 Å². The first-order chi connectivity index (χ1) is 8.19. The SMILES string of the molecule is CCNCc1ccccc1OC(C)C(=O)NC. The molecule has 0 aliphatic carbocycles. The number of likely N-dealkylation sites (N-methyl/N-ethyl adjacent to an activating group) is 1. The number of carbonyl (C=O) groups excluding carboxylic acids is 1. The van der Waals surface area contributed by atoms with Gasteiger partial charge in [0, 0.05) is 19.2 Å². The van der Waals surface area contributed by atoms with Gasteiger partial charge in [-0.3, -0.25) is 4.79 Å². The van der Waals surface area contributed by atoms with E-state index < -0.39 is 6.10 Å². The highest BCUT2D eigenvalue weighted by Crippen LogP contribution is 2.19. The number of ether oxygens (including phenoxy) is 1. The maximum Gasteiger partial charge on any atom is 0.260 e. The fourth-order valence-electron chi connectivity index (χ4n) is 1.47. The average Bonchev–Trinajstić information content (AvgIpc) is 2.36. The summed E-state index contributed by atoms with van der Waals surface area (Å²) in [5.41, 5.74) is 1.06. The summed E-state index contributed by atoms with van der Waals surface area (Å²) in [6.45, 7) is 5.44. The third kappa shape index (κ3) is 4.07. The van der Waals surface area contributed by atoms with Crippen LogP contribution in [0.25, 0.3) is 0 Å². The lowest BCUT2D eigenvalue weighted by atomic mass is 10.2. The van der Waals surface area contributed by atoms with E-state index in [1.807, 2.05) is 24.3 Å². The van der Waals surface area contributed by atoms with Crippen molar-refractivity contribution < 1.29 is 9.53 Å². The molecule has 94 valence electrons. The highest BCUT2D eigenvalue weighted by molar-refractivity contribution is 5.80. The molecule has 0 radical (unpaired) electrons. The van der Waals surface area contributed by atoms with Crippen LogP contribution in [0.1, 0.15) is 19.4 Å². The van der Waals surface area contributed by atoms with Crippen molar-refractivity contribution in [2.24, 2.45) is 0 Å². The topological polar surface area (TPSA) is 50.4 Å². The second-order valence-corrected chi connectivity index (χ2v) is 3.76. The van der Waals surface area contributed by atoms with Gasteiger partial charge in [-0.05, 0) is 19.5 Å². The van der Waals surface area contributed by atoms with E-state index in [1.54, 1.807) is 14.0 Å². The Morgan fingerprint density at radius 2 is 2.12 bits per heavy atom. The molecule has 0 saturated carbocycles. The third-order valence-electron chi connectivity index (χ3n) is 2.46. The van der Waals surface area contributed by atoms with Crippen molar-refractivity contribution >= 4 is 5.91 Å². The number of benzene rings is 1. The predicted molar refractivity (Wildman–Crippen MR) is 68.0 cm³/mol. The number of para-hydroxylation sites is 1. The summed E-state index contributed by atoms with van der Waals surface area (Å²) >= 11 is 0. The Bertz CT molecular complexity index is 366. The minimum absolute atomic E-state index is 0.122. The Labute approximate surface area is 102 Å². The fraction of sp³-hybridized carbons (Fsp3) is 0.462. The molecule has 1 amide bonds. The van der Waals surface area contributed by atoms with Crippen LogP contribution in [0.5, 0.6) is 5.75 Å². The van der Waals surface area contributed by atoms with Crippen LogP contribution in [-0.4, -0.2) is 25.6 Å². The predicted octanol–water partition coefficient (Wildman–Crippen LogP) is 1.31. The van der Waals surface area contributed by atoms with Gasteiger partial charge < -0.3 is 15.4 Å². The first kappa shape index (κ1) is 13.5. The summed E-state index contributed by atoms with van der Waals surface area (Å²) in [5, 5.41) is 5.81. The second kappa shape index (κ2) is 6.91. The van der Waals surface area contributed by atoms with E-state index in [0.717, 1.165) is 24.4 Å². The number of hydrogen-bond donors (Lipinski definition) is 2. The highest BCUT2D eigenvalue weighted by atomic mass is 16.5. The molecule has 1 unspecified atom stereocenters. The van der Waals surface area contributed by atoms with Crippen LogP contribution in [0.4, 0.5) is 0 Å². The largest absolute Gasteiger partial charge is 0.481 e. The van der Waals surface area contributed by atoms with Crippen molar-refractivity contribution in [3.05, 3.63) is 29.8 Å². The molecule has 4 heteroatoms. The Morgan fingerprint density at radius 3 is 2.76 bits per heavy atom. The molecular formula is C13H20N2O2. The van der Waals surface area contributed by atoms with E-state index in [4.69, 9.17) is 4.74 Å². The maximum atomic E-state index is 11.4. The van der Waals surface area contributed by atoms with Gasteiger partial charge in [-0.15, -0.1) is 0 Å². The van der Waals surface area contributed by atoms with Crippen LogP contribution >= 0.6 is 0 Å². The number of amides is 1. The van der Waals surface area contributed by atoms with Gasteiger partial charge >= 0.3 is 0 Å². The number of hydrogen-bond acceptors (Lipinski definition) is 3. The molecule has 0 bridgehead atoms. The summed E-state index contributed by atoms with van der Waals surface area (Å²) in [4.78, 5) is 11.4. The van der Waals surface area contributed by atoms with E-state index >= 15 is 0 Å². The van der Waals surface area contributed by atoms with Gasteiger partial charge in [0.25, 0.3) is 5.91 Å². The summed E-state index contributed by atoms with van der Waals surface area (Å²) < 4.78 is 5.64. The van der Waals surface area contributed by atoms with Crippen LogP contribution in [0.2, 0.25) is 0 Å². The molecule has 0 aliphatic heterocycles. The molecule has 4 nitrogen and oxygen atoms in total. The van der Waals surface area contributed by atoms with Crippen molar-refractivity contribution in [3.63, 3.8) is 0 Å². The van der Waals surface area contributed by atoms with E-state index in [1.165, 1.54) is 0 Å². The minimum atomic E-state index is -0.484. The van der Waals surface area contributed by atoms with Crippen LogP contribution < -0.4 is 15.4 Å². The summed E-state index contributed by atoms with van der Waals surface area (Å²) in [6.07, 6.45) is -0.484. The van der Waals surface area contributed by atoms with Gasteiger partial charge in [-0.25, -0.2) is 0 Å². The zero-order valence-corrected chi connectivity index (χ0v) is 10.6. The molecule has 1 aromatic carbocycles. The molecule has 0 fully saturated rings. The Balaban J connectivity index is 2.72. The molecule has 0 saturated heterocycles. The van der Waals surface area contributed by atoms with Crippen LogP contribution in [0.3, 0.4) is 0 Å². The lowest BCUT2D eigenvalue weighted by molar-refractivity contribution is -0.126. The molecule has 1 atom stereocenters. The van der Waals surface area contributed by atoms with Crippen LogP contribution in [0.15, 0.2) is 24.3 Å². The molecule has 0 spiro atoms. The molecule has 0 aromatic heterocycles. The smallest absolute Gasteiger partial charge is 0.260 e. The molecule has 1 aromatic rings. The van der Waals surface area contributed by atoms with Crippen molar-refractivity contribution in [2.45, 2.75) is 26.5 Å². The molecule has 0 heterocycles. The molecule has 2 N–H and O–H groups in total. The van der Waals surface area contributed by atoms with Gasteiger partial charge in [0.15, 0.2) is 6.10 Å². The van der Waals surface area contributed by atoms with Crippen molar-refractivity contribution in [1.82, 2.24) is 10.6 Å². The first-order valence-corrected chi connectivity index (χ1v) is 5.86. The fourth-order valence-corrected chi connectivity index (χ4v) is 1.47. The van der Waals surface area contributed by atoms with Gasteiger partial charge in [0.05, 0.1) is 0 Å². The van der Waals surface area contributed by atoms with E-state index in [9.17, 15) is 4.79 Å². The van der Waals surface area contributed by atoms with Gasteiger partial charge in [-0.2, -0.15) is 0 Å². The standard InChI is InChI=1S/C13H20N2O2/c1-4-15-9-11-7-5-6-8-12(11)17-10(2)13(16)14-3/h5-8,10,15H,4,9H2,1-3H3,(H,14,16). The van der Waals surface area contributed by atoms with Gasteiger partial charge in [-0.1, -0.05) is 25.1 Å². The quantitative estimate of drug-likeness (QED) is 0.783. The summed E-state index contributed by atoms with van der Waals surface area (Å²) in [5.74, 6) is 0.632. The monoisotopic (exact) mass is 236 g/mol. The lowest BCUT2D eigenvalue weighted by Crippen LogP contribution is -2.34. The van der Waals surface area contributed by atoms with Crippen LogP contribution in [-0.2, 0) is 11.3 Å². The van der Waals surface area contributed by atoms with E-state index in [2.05, 4.69) is 17.6 Å². The van der Waals surface area contributed by atoms with Crippen LogP contribution in [0, 0.1) is 0 Å². The molecule has 17 heavy (non-hydrogen) atoms. The van der Waals surface area contributed by atoms with E-state index in [0.29, 0.717) is 0 Å². The van der Waals surface area contributed by atoms with Crippen molar-refractivity contribution in [3.8, 4) is 5.75 Å². The number of carbonyl (C=O) groups is 1. The first-order valence-electron chi connectivity index (χ1n) is 5.86. The number of rotatable bonds is 6. The third-order valence-corrected chi connectivity index (χ3v) is 2.46. The van der Waals surface area contributed by atoms with Crippen molar-refractivity contribution in [2.75, 3.05) is 13.6 Å². The lowest BCUT2D eigenvalue weighted by Gasteiger charge is -2.16. The zero-order valence-electron chi connectivity index (χ0n) is 10.6. The molecule has 0 aliphatic rings. The normalized spacial score (nSPS) is 11.9. The van der Waals surface area contributed by atoms with Crippen molar-refractivity contribution in [1.29, 1.82) is 0 Å².